The molecule has 0 saturated carbocycles. The van der Waals surface area contributed by atoms with Gasteiger partial charge in [-0.1, -0.05) is 35.4 Å². The van der Waals surface area contributed by atoms with E-state index in [2.05, 4.69) is 81.6 Å². The molecule has 140 valence electrons. The minimum Gasteiger partial charge on any atom is -1.00 e. The summed E-state index contributed by atoms with van der Waals surface area (Å²) in [6.45, 7) is 13.9. The van der Waals surface area contributed by atoms with Crippen LogP contribution in [-0.2, 0) is 0 Å². The molecule has 3 nitrogen and oxygen atoms in total. The molecule has 0 bridgehead atoms. The lowest BCUT2D eigenvalue weighted by Gasteiger charge is -2.19. The first-order valence-electron chi connectivity index (χ1n) is 8.98. The molecule has 0 saturated heterocycles. The van der Waals surface area contributed by atoms with Crippen LogP contribution in [0.2, 0.25) is 0 Å². The number of benzene rings is 2. The molecular weight excluding hydrogens is 344 g/mol. The van der Waals surface area contributed by atoms with E-state index >= 15 is 0 Å². The predicted octanol–water partition coefficient (Wildman–Crippen LogP) is 1.09. The third-order valence-electron chi connectivity index (χ3n) is 5.09. The number of aryl methyl sites for hydroxylation is 6. The van der Waals surface area contributed by atoms with Crippen molar-refractivity contribution < 1.29 is 22.1 Å². The first-order valence-corrected chi connectivity index (χ1v) is 8.98. The van der Waals surface area contributed by atoms with Gasteiger partial charge in [-0.25, -0.2) is 9.48 Å². The number of aliphatic hydroxyl groups is 1. The van der Waals surface area contributed by atoms with Crippen molar-refractivity contribution in [2.45, 2.75) is 47.6 Å². The minimum atomic E-state index is 0. The van der Waals surface area contributed by atoms with Crippen molar-refractivity contribution >= 4 is 17.7 Å². The Hall–Kier alpha value is -1.84. The summed E-state index contributed by atoms with van der Waals surface area (Å²) in [6, 6.07) is 8.97. The van der Waals surface area contributed by atoms with E-state index in [4.69, 9.17) is 0 Å². The normalized spacial score (nSPS) is 16.5. The maximum Gasteiger partial charge on any atom is 0.245 e. The SMILES string of the molecule is Cc1cc(C)c(N2C=[N+](c3c(C)cc(C)cc3C)CC2CO)c(C)c1.[Cl-]. The van der Waals surface area contributed by atoms with Crippen molar-refractivity contribution in [1.29, 1.82) is 0 Å². The molecule has 0 radical (unpaired) electrons. The van der Waals surface area contributed by atoms with Gasteiger partial charge in [0.25, 0.3) is 0 Å². The largest absolute Gasteiger partial charge is 1.00 e. The smallest absolute Gasteiger partial charge is 0.245 e. The molecule has 0 spiro atoms. The minimum absolute atomic E-state index is 0. The van der Waals surface area contributed by atoms with Crippen LogP contribution in [0.4, 0.5) is 11.4 Å². The topological polar surface area (TPSA) is 26.5 Å². The number of aliphatic hydroxyl groups excluding tert-OH is 1. The zero-order valence-corrected chi connectivity index (χ0v) is 17.4. The Balaban J connectivity index is 0.00000243. The standard InChI is InChI=1S/C22H29N2O.ClH/c1-14-7-16(3)21(17(4)8-14)23-11-20(12-25)24(13-23)22-18(5)9-15(2)10-19(22)6;/h7-10,13,20,25H,11-12H2,1-6H3;1H/q+1;/p-1. The highest BCUT2D eigenvalue weighted by atomic mass is 35.5. The van der Waals surface area contributed by atoms with Crippen LogP contribution >= 0.6 is 0 Å². The molecule has 0 aromatic heterocycles. The Bertz CT molecular complexity index is 811. The molecule has 1 aliphatic heterocycles. The molecule has 0 fully saturated rings. The molecule has 26 heavy (non-hydrogen) atoms. The first-order chi connectivity index (χ1) is 11.8. The Labute approximate surface area is 163 Å². The van der Waals surface area contributed by atoms with Crippen LogP contribution in [-0.4, -0.2) is 35.2 Å². The molecule has 1 N–H and O–H groups in total. The molecule has 1 heterocycles. The van der Waals surface area contributed by atoms with E-state index < -0.39 is 0 Å². The summed E-state index contributed by atoms with van der Waals surface area (Å²) >= 11 is 0. The molecule has 1 atom stereocenters. The van der Waals surface area contributed by atoms with Gasteiger partial charge in [0, 0.05) is 0 Å². The van der Waals surface area contributed by atoms with Gasteiger partial charge in [0.1, 0.15) is 17.9 Å². The van der Waals surface area contributed by atoms with E-state index in [1.165, 1.54) is 44.8 Å². The highest BCUT2D eigenvalue weighted by Gasteiger charge is 2.36. The van der Waals surface area contributed by atoms with E-state index in [1.54, 1.807) is 0 Å². The molecule has 4 heteroatoms. The van der Waals surface area contributed by atoms with E-state index in [-0.39, 0.29) is 25.1 Å². The molecule has 1 aliphatic rings. The molecule has 0 aliphatic carbocycles. The Kier molecular flexibility index (Phi) is 6.15. The lowest BCUT2D eigenvalue weighted by Crippen LogP contribution is -3.00. The van der Waals surface area contributed by atoms with Crippen LogP contribution in [0.3, 0.4) is 0 Å². The zero-order chi connectivity index (χ0) is 18.3. The second-order valence-corrected chi connectivity index (χ2v) is 7.51. The van der Waals surface area contributed by atoms with Gasteiger partial charge in [0.15, 0.2) is 6.04 Å². The fourth-order valence-corrected chi connectivity index (χ4v) is 4.35. The van der Waals surface area contributed by atoms with Gasteiger partial charge < -0.3 is 17.5 Å². The summed E-state index contributed by atoms with van der Waals surface area (Å²) in [5, 5.41) is 9.99. The number of hydrogen-bond acceptors (Lipinski definition) is 2. The fraction of sp³-hybridized carbons (Fsp3) is 0.409. The average Bonchev–Trinajstić information content (AvgIpc) is 2.88. The van der Waals surface area contributed by atoms with Crippen molar-refractivity contribution in [3.8, 4) is 0 Å². The molecular formula is C22H29ClN2O. The highest BCUT2D eigenvalue weighted by molar-refractivity contribution is 5.83. The van der Waals surface area contributed by atoms with Crippen LogP contribution in [0.25, 0.3) is 0 Å². The summed E-state index contributed by atoms with van der Waals surface area (Å²) < 4.78 is 2.30. The highest BCUT2D eigenvalue weighted by Crippen LogP contribution is 2.32. The number of hydrogen-bond donors (Lipinski definition) is 1. The zero-order valence-electron chi connectivity index (χ0n) is 16.6. The van der Waals surface area contributed by atoms with Crippen LogP contribution in [0, 0.1) is 41.5 Å². The van der Waals surface area contributed by atoms with E-state index in [0.29, 0.717) is 0 Å². The number of halogens is 1. The lowest BCUT2D eigenvalue weighted by molar-refractivity contribution is -0.430. The second-order valence-electron chi connectivity index (χ2n) is 7.51. The summed E-state index contributed by atoms with van der Waals surface area (Å²) in [6.07, 6.45) is 2.18. The number of rotatable bonds is 3. The van der Waals surface area contributed by atoms with Crippen molar-refractivity contribution in [3.63, 3.8) is 0 Å². The van der Waals surface area contributed by atoms with Crippen LogP contribution in [0.1, 0.15) is 33.4 Å². The molecule has 0 amide bonds. The summed E-state index contributed by atoms with van der Waals surface area (Å²) in [5.41, 5.74) is 10.1. The van der Waals surface area contributed by atoms with Crippen molar-refractivity contribution in [2.75, 3.05) is 18.1 Å². The van der Waals surface area contributed by atoms with Crippen LogP contribution < -0.4 is 17.3 Å². The summed E-state index contributed by atoms with van der Waals surface area (Å²) in [4.78, 5) is 2.25. The molecule has 3 rings (SSSR count). The molecule has 2 aromatic rings. The summed E-state index contributed by atoms with van der Waals surface area (Å²) in [5.74, 6) is 0. The second kappa shape index (κ2) is 7.81. The van der Waals surface area contributed by atoms with Crippen molar-refractivity contribution in [3.05, 3.63) is 57.6 Å². The number of anilines is 1. The van der Waals surface area contributed by atoms with Crippen molar-refractivity contribution in [1.82, 2.24) is 0 Å². The van der Waals surface area contributed by atoms with Crippen molar-refractivity contribution in [2.24, 2.45) is 0 Å². The average molecular weight is 373 g/mol. The van der Waals surface area contributed by atoms with Gasteiger partial charge in [0.2, 0.25) is 6.34 Å². The maximum atomic E-state index is 9.99. The maximum absolute atomic E-state index is 9.99. The first kappa shape index (κ1) is 20.5. The van der Waals surface area contributed by atoms with E-state index in [1.807, 2.05) is 0 Å². The van der Waals surface area contributed by atoms with Gasteiger partial charge in [-0.05, 0) is 63.8 Å². The fourth-order valence-electron chi connectivity index (χ4n) is 4.35. The third kappa shape index (κ3) is 3.65. The third-order valence-corrected chi connectivity index (χ3v) is 5.09. The predicted molar refractivity (Wildman–Crippen MR) is 106 cm³/mol. The number of nitrogens with zero attached hydrogens (tertiary/aromatic N) is 2. The molecule has 1 unspecified atom stereocenters. The van der Waals surface area contributed by atoms with Gasteiger partial charge in [-0.2, -0.15) is 0 Å². The van der Waals surface area contributed by atoms with Gasteiger partial charge in [-0.3, -0.25) is 0 Å². The van der Waals surface area contributed by atoms with Crippen LogP contribution in [0.15, 0.2) is 24.3 Å². The van der Waals surface area contributed by atoms with E-state index in [9.17, 15) is 5.11 Å². The Morgan fingerprint density at radius 2 is 1.35 bits per heavy atom. The van der Waals surface area contributed by atoms with Crippen LogP contribution in [0.5, 0.6) is 0 Å². The quantitative estimate of drug-likeness (QED) is 0.816. The lowest BCUT2D eigenvalue weighted by atomic mass is 10.0. The molecule has 2 aromatic carbocycles. The van der Waals surface area contributed by atoms with Gasteiger partial charge in [0.05, 0.1) is 6.61 Å². The van der Waals surface area contributed by atoms with E-state index in [0.717, 1.165) is 6.54 Å². The summed E-state index contributed by atoms with van der Waals surface area (Å²) in [7, 11) is 0. The van der Waals surface area contributed by atoms with Gasteiger partial charge >= 0.3 is 0 Å². The Morgan fingerprint density at radius 1 is 0.885 bits per heavy atom. The monoisotopic (exact) mass is 372 g/mol. The Morgan fingerprint density at radius 3 is 1.81 bits per heavy atom. The van der Waals surface area contributed by atoms with Gasteiger partial charge in [-0.15, -0.1) is 0 Å².